The van der Waals surface area contributed by atoms with Crippen LogP contribution in [0.15, 0.2) is 18.2 Å². The molecule has 1 aromatic rings. The third-order valence-electron chi connectivity index (χ3n) is 3.36. The van der Waals surface area contributed by atoms with Crippen LogP contribution in [0, 0.1) is 5.82 Å². The molecule has 1 aliphatic heterocycles. The van der Waals surface area contributed by atoms with E-state index < -0.39 is 18.2 Å². The Morgan fingerprint density at radius 1 is 1.55 bits per heavy atom. The van der Waals surface area contributed by atoms with Crippen LogP contribution in [0.1, 0.15) is 13.3 Å². The highest BCUT2D eigenvalue weighted by molar-refractivity contribution is 5.89. The van der Waals surface area contributed by atoms with Crippen molar-refractivity contribution in [2.45, 2.75) is 26.0 Å². The Kier molecular flexibility index (Phi) is 5.48. The smallest absolute Gasteiger partial charge is 0.387 e. The van der Waals surface area contributed by atoms with Crippen molar-refractivity contribution in [1.29, 1.82) is 0 Å². The van der Waals surface area contributed by atoms with Crippen molar-refractivity contribution < 1.29 is 27.4 Å². The van der Waals surface area contributed by atoms with Gasteiger partial charge < -0.3 is 19.7 Å². The number of ether oxygens (including phenoxy) is 2. The predicted molar refractivity (Wildman–Crippen MR) is 73.7 cm³/mol. The zero-order valence-corrected chi connectivity index (χ0v) is 12.0. The van der Waals surface area contributed by atoms with Crippen molar-refractivity contribution in [3.05, 3.63) is 24.0 Å². The molecule has 22 heavy (non-hydrogen) atoms. The maximum absolute atomic E-state index is 13.6. The molecule has 1 saturated heterocycles. The van der Waals surface area contributed by atoms with E-state index in [9.17, 15) is 18.0 Å². The van der Waals surface area contributed by atoms with Crippen molar-refractivity contribution in [2.24, 2.45) is 0 Å². The van der Waals surface area contributed by atoms with Crippen LogP contribution in [-0.2, 0) is 4.74 Å². The highest BCUT2D eigenvalue weighted by atomic mass is 19.3. The molecule has 2 rings (SSSR count). The number of carbonyl (C=O) groups is 1. The number of hydrogen-bond donors (Lipinski definition) is 1. The zero-order chi connectivity index (χ0) is 16.1. The van der Waals surface area contributed by atoms with Gasteiger partial charge in [-0.15, -0.1) is 0 Å². The first kappa shape index (κ1) is 16.4. The summed E-state index contributed by atoms with van der Waals surface area (Å²) >= 11 is 0. The normalized spacial score (nSPS) is 18.4. The number of halogens is 3. The van der Waals surface area contributed by atoms with E-state index in [0.29, 0.717) is 19.8 Å². The number of anilines is 1. The molecule has 0 unspecified atom stereocenters. The summed E-state index contributed by atoms with van der Waals surface area (Å²) in [5, 5.41) is 2.55. The van der Waals surface area contributed by atoms with E-state index in [-0.39, 0.29) is 17.8 Å². The number of hydrogen-bond acceptors (Lipinski definition) is 3. The topological polar surface area (TPSA) is 50.8 Å². The Morgan fingerprint density at radius 3 is 2.95 bits per heavy atom. The van der Waals surface area contributed by atoms with Crippen LogP contribution < -0.4 is 10.1 Å². The molecule has 0 radical (unpaired) electrons. The van der Waals surface area contributed by atoms with E-state index in [1.807, 2.05) is 6.92 Å². The van der Waals surface area contributed by atoms with E-state index in [2.05, 4.69) is 10.1 Å². The molecule has 1 heterocycles. The largest absolute Gasteiger partial charge is 0.432 e. The fraction of sp³-hybridized carbons (Fsp3) is 0.500. The molecule has 0 aliphatic carbocycles. The Bertz CT molecular complexity index is 528. The second kappa shape index (κ2) is 7.35. The van der Waals surface area contributed by atoms with Crippen molar-refractivity contribution in [3.8, 4) is 5.75 Å². The van der Waals surface area contributed by atoms with Crippen LogP contribution in [0.2, 0.25) is 0 Å². The fourth-order valence-corrected chi connectivity index (χ4v) is 2.23. The van der Waals surface area contributed by atoms with Crippen molar-refractivity contribution in [3.63, 3.8) is 0 Å². The van der Waals surface area contributed by atoms with Crippen LogP contribution in [0.4, 0.5) is 23.7 Å². The van der Waals surface area contributed by atoms with Crippen LogP contribution in [0.25, 0.3) is 0 Å². The molecule has 8 heteroatoms. The fourth-order valence-electron chi connectivity index (χ4n) is 2.23. The molecule has 5 nitrogen and oxygen atoms in total. The molecule has 122 valence electrons. The molecule has 1 aliphatic rings. The monoisotopic (exact) mass is 318 g/mol. The molecule has 1 fully saturated rings. The van der Waals surface area contributed by atoms with Gasteiger partial charge >= 0.3 is 12.6 Å². The molecule has 0 aromatic heterocycles. The number of carbonyl (C=O) groups excluding carboxylic acids is 1. The van der Waals surface area contributed by atoms with Crippen molar-refractivity contribution in [1.82, 2.24) is 4.90 Å². The summed E-state index contributed by atoms with van der Waals surface area (Å²) in [6, 6.07) is 2.88. The molecular formula is C14H17F3N2O3. The summed E-state index contributed by atoms with van der Waals surface area (Å²) in [4.78, 5) is 13.8. The molecule has 1 aromatic carbocycles. The lowest BCUT2D eigenvalue weighted by molar-refractivity contribution is -0.0521. The van der Waals surface area contributed by atoms with Gasteiger partial charge in [-0.3, -0.25) is 0 Å². The van der Waals surface area contributed by atoms with Crippen LogP contribution in [0.3, 0.4) is 0 Å². The lowest BCUT2D eigenvalue weighted by Gasteiger charge is -2.35. The van der Waals surface area contributed by atoms with Gasteiger partial charge in [0.1, 0.15) is 0 Å². The van der Waals surface area contributed by atoms with E-state index >= 15 is 0 Å². The summed E-state index contributed by atoms with van der Waals surface area (Å²) in [6.07, 6.45) is 0.739. The molecule has 0 saturated carbocycles. The summed E-state index contributed by atoms with van der Waals surface area (Å²) in [6.45, 7) is 0.183. The van der Waals surface area contributed by atoms with Gasteiger partial charge in [0.2, 0.25) is 0 Å². The highest BCUT2D eigenvalue weighted by Gasteiger charge is 2.26. The van der Waals surface area contributed by atoms with E-state index in [1.54, 1.807) is 4.90 Å². The van der Waals surface area contributed by atoms with Gasteiger partial charge in [0.25, 0.3) is 0 Å². The molecular weight excluding hydrogens is 301 g/mol. The number of rotatable bonds is 4. The summed E-state index contributed by atoms with van der Waals surface area (Å²) in [7, 11) is 0. The second-order valence-corrected chi connectivity index (χ2v) is 4.78. The van der Waals surface area contributed by atoms with Gasteiger partial charge in [0, 0.05) is 18.3 Å². The average molecular weight is 318 g/mol. The first-order valence-electron chi connectivity index (χ1n) is 6.91. The summed E-state index contributed by atoms with van der Waals surface area (Å²) in [5.74, 6) is -1.53. The number of alkyl halides is 2. The van der Waals surface area contributed by atoms with Gasteiger partial charge in [-0.2, -0.15) is 8.78 Å². The number of nitrogens with one attached hydrogen (secondary N) is 1. The number of urea groups is 1. The highest BCUT2D eigenvalue weighted by Crippen LogP contribution is 2.23. The Balaban J connectivity index is 2.03. The number of amides is 2. The van der Waals surface area contributed by atoms with Gasteiger partial charge in [0.15, 0.2) is 11.6 Å². The van der Waals surface area contributed by atoms with Crippen LogP contribution in [-0.4, -0.2) is 43.3 Å². The standard InChI is InChI=1S/C14H17F3N2O3/c1-2-10-8-21-6-5-19(10)14(20)18-9-3-4-12(11(15)7-9)22-13(16)17/h3-4,7,10,13H,2,5-6,8H2,1H3,(H,18,20)/t10-/m1/s1. The quantitative estimate of drug-likeness (QED) is 0.928. The predicted octanol–water partition coefficient (Wildman–Crippen LogP) is 3.07. The first-order chi connectivity index (χ1) is 10.5. The summed E-state index contributed by atoms with van der Waals surface area (Å²) < 4.78 is 47.0. The van der Waals surface area contributed by atoms with Crippen LogP contribution >= 0.6 is 0 Å². The van der Waals surface area contributed by atoms with Crippen LogP contribution in [0.5, 0.6) is 5.75 Å². The molecule has 0 spiro atoms. The zero-order valence-electron chi connectivity index (χ0n) is 12.0. The molecule has 2 amide bonds. The third-order valence-corrected chi connectivity index (χ3v) is 3.36. The molecule has 0 bridgehead atoms. The maximum atomic E-state index is 13.6. The van der Waals surface area contributed by atoms with Gasteiger partial charge in [-0.05, 0) is 18.6 Å². The van der Waals surface area contributed by atoms with E-state index in [1.165, 1.54) is 6.07 Å². The minimum absolute atomic E-state index is 0.0416. The maximum Gasteiger partial charge on any atom is 0.387 e. The average Bonchev–Trinajstić information content (AvgIpc) is 2.49. The van der Waals surface area contributed by atoms with Gasteiger partial charge in [-0.25, -0.2) is 9.18 Å². The number of nitrogens with zero attached hydrogens (tertiary/aromatic N) is 1. The Hall–Kier alpha value is -1.96. The Morgan fingerprint density at radius 2 is 2.32 bits per heavy atom. The van der Waals surface area contributed by atoms with Crippen molar-refractivity contribution in [2.75, 3.05) is 25.1 Å². The molecule has 1 N–H and O–H groups in total. The van der Waals surface area contributed by atoms with Gasteiger partial charge in [0.05, 0.1) is 19.3 Å². The third kappa shape index (κ3) is 4.03. The number of benzene rings is 1. The lowest BCUT2D eigenvalue weighted by atomic mass is 10.2. The van der Waals surface area contributed by atoms with Crippen molar-refractivity contribution >= 4 is 11.7 Å². The SMILES string of the molecule is CC[C@@H]1COCCN1C(=O)Nc1ccc(OC(F)F)c(F)c1. The first-order valence-corrected chi connectivity index (χ1v) is 6.91. The minimum Gasteiger partial charge on any atom is -0.432 e. The Labute approximate surface area is 126 Å². The lowest BCUT2D eigenvalue weighted by Crippen LogP contribution is -2.50. The number of morpholine rings is 1. The summed E-state index contributed by atoms with van der Waals surface area (Å²) in [5.41, 5.74) is 0.172. The van der Waals surface area contributed by atoms with Gasteiger partial charge in [-0.1, -0.05) is 6.92 Å². The second-order valence-electron chi connectivity index (χ2n) is 4.78. The minimum atomic E-state index is -3.10. The molecule has 1 atom stereocenters. The van der Waals surface area contributed by atoms with E-state index in [4.69, 9.17) is 4.74 Å². The van der Waals surface area contributed by atoms with E-state index in [0.717, 1.165) is 18.6 Å².